The molecule has 8 nitrogen and oxygen atoms in total. The van der Waals surface area contributed by atoms with Gasteiger partial charge < -0.3 is 10.5 Å². The number of rotatable bonds is 3. The minimum absolute atomic E-state index is 0.112. The average Bonchev–Trinajstić information content (AvgIpc) is 2.60. The maximum absolute atomic E-state index is 12.8. The molecule has 1 aliphatic heterocycles. The first-order valence-electron chi connectivity index (χ1n) is 7.20. The summed E-state index contributed by atoms with van der Waals surface area (Å²) in [7, 11) is -2.42. The Hall–Kier alpha value is -2.52. The van der Waals surface area contributed by atoms with E-state index in [9.17, 15) is 13.2 Å². The van der Waals surface area contributed by atoms with E-state index in [1.54, 1.807) is 6.20 Å². The van der Waals surface area contributed by atoms with Gasteiger partial charge in [-0.25, -0.2) is 23.2 Å². The highest BCUT2D eigenvalue weighted by molar-refractivity contribution is 7.89. The molecule has 0 aliphatic carbocycles. The smallest absolute Gasteiger partial charge is 0.337 e. The number of fused-ring (bicyclic) bond motifs is 1. The van der Waals surface area contributed by atoms with Crippen LogP contribution in [-0.2, 0) is 27.7 Å². The molecule has 9 heteroatoms. The Morgan fingerprint density at radius 2 is 2.00 bits per heavy atom. The van der Waals surface area contributed by atoms with E-state index in [-0.39, 0.29) is 17.4 Å². The van der Waals surface area contributed by atoms with Crippen LogP contribution in [0.15, 0.2) is 35.4 Å². The number of hydrogen-bond acceptors (Lipinski definition) is 7. The van der Waals surface area contributed by atoms with Gasteiger partial charge in [0.1, 0.15) is 0 Å². The summed E-state index contributed by atoms with van der Waals surface area (Å²) in [6.07, 6.45) is 2.15. The fourth-order valence-electron chi connectivity index (χ4n) is 2.53. The summed E-state index contributed by atoms with van der Waals surface area (Å²) in [6, 6.07) is 5.64. The van der Waals surface area contributed by atoms with E-state index < -0.39 is 16.0 Å². The zero-order chi connectivity index (χ0) is 17.3. The van der Waals surface area contributed by atoms with Gasteiger partial charge in [-0.3, -0.25) is 0 Å². The van der Waals surface area contributed by atoms with Gasteiger partial charge in [0.05, 0.1) is 29.8 Å². The zero-order valence-corrected chi connectivity index (χ0v) is 13.8. The van der Waals surface area contributed by atoms with Crippen LogP contribution in [0.2, 0.25) is 0 Å². The number of nitrogens with zero attached hydrogens (tertiary/aromatic N) is 3. The van der Waals surface area contributed by atoms with Gasteiger partial charge in [0, 0.05) is 12.7 Å². The molecule has 0 radical (unpaired) electrons. The van der Waals surface area contributed by atoms with Crippen LogP contribution < -0.4 is 5.73 Å². The monoisotopic (exact) mass is 348 g/mol. The molecule has 1 aromatic carbocycles. The summed E-state index contributed by atoms with van der Waals surface area (Å²) in [4.78, 5) is 19.6. The summed E-state index contributed by atoms with van der Waals surface area (Å²) >= 11 is 0. The maximum atomic E-state index is 12.8. The van der Waals surface area contributed by atoms with Gasteiger partial charge in [-0.15, -0.1) is 0 Å². The van der Waals surface area contributed by atoms with Gasteiger partial charge in [0.15, 0.2) is 0 Å². The van der Waals surface area contributed by atoms with E-state index in [0.717, 1.165) is 5.56 Å². The molecule has 3 rings (SSSR count). The lowest BCUT2D eigenvalue weighted by Crippen LogP contribution is -2.36. The molecule has 0 amide bonds. The lowest BCUT2D eigenvalue weighted by atomic mass is 10.1. The van der Waals surface area contributed by atoms with Crippen molar-refractivity contribution in [1.82, 2.24) is 14.3 Å². The highest BCUT2D eigenvalue weighted by atomic mass is 32.2. The van der Waals surface area contributed by atoms with Crippen LogP contribution in [0.25, 0.3) is 0 Å². The SMILES string of the molecule is COC(=O)c1ccc(S(=O)(=O)N2CCc3cnc(N)nc3C2)cc1. The Kier molecular flexibility index (Phi) is 4.20. The number of nitrogens with two attached hydrogens (primary N) is 1. The minimum atomic E-state index is -3.69. The summed E-state index contributed by atoms with van der Waals surface area (Å²) in [6.45, 7) is 0.477. The molecule has 24 heavy (non-hydrogen) atoms. The second-order valence-electron chi connectivity index (χ2n) is 5.30. The summed E-state index contributed by atoms with van der Waals surface area (Å²) in [5.74, 6) is -0.395. The Balaban J connectivity index is 1.87. The Morgan fingerprint density at radius 1 is 1.29 bits per heavy atom. The second-order valence-corrected chi connectivity index (χ2v) is 7.24. The molecule has 126 valence electrons. The molecule has 2 N–H and O–H groups in total. The van der Waals surface area contributed by atoms with Crippen LogP contribution in [0.3, 0.4) is 0 Å². The van der Waals surface area contributed by atoms with Crippen molar-refractivity contribution in [3.63, 3.8) is 0 Å². The number of hydrogen-bond donors (Lipinski definition) is 1. The standard InChI is InChI=1S/C15H16N4O4S/c1-23-14(20)10-2-4-12(5-3-10)24(21,22)19-7-6-11-8-17-15(16)18-13(11)9-19/h2-5,8H,6-7,9H2,1H3,(H2,16,17,18). The van der Waals surface area contributed by atoms with Crippen molar-refractivity contribution >= 4 is 21.9 Å². The topological polar surface area (TPSA) is 115 Å². The van der Waals surface area contributed by atoms with Crippen molar-refractivity contribution in [3.05, 3.63) is 47.3 Å². The molecule has 2 aromatic rings. The van der Waals surface area contributed by atoms with Gasteiger partial charge in [-0.1, -0.05) is 0 Å². The minimum Gasteiger partial charge on any atom is -0.465 e. The lowest BCUT2D eigenvalue weighted by Gasteiger charge is -2.27. The molecule has 1 aliphatic rings. The van der Waals surface area contributed by atoms with Crippen LogP contribution in [-0.4, -0.2) is 42.3 Å². The zero-order valence-electron chi connectivity index (χ0n) is 13.0. The Morgan fingerprint density at radius 3 is 2.67 bits per heavy atom. The molecule has 0 bridgehead atoms. The predicted molar refractivity (Wildman–Crippen MR) is 85.5 cm³/mol. The van der Waals surface area contributed by atoms with E-state index in [1.165, 1.54) is 35.7 Å². The fourth-order valence-corrected chi connectivity index (χ4v) is 3.93. The van der Waals surface area contributed by atoms with E-state index in [0.29, 0.717) is 24.2 Å². The van der Waals surface area contributed by atoms with Crippen molar-refractivity contribution in [1.29, 1.82) is 0 Å². The van der Waals surface area contributed by atoms with Crippen molar-refractivity contribution < 1.29 is 17.9 Å². The van der Waals surface area contributed by atoms with Crippen molar-refractivity contribution in [2.24, 2.45) is 0 Å². The van der Waals surface area contributed by atoms with Crippen LogP contribution in [0.1, 0.15) is 21.6 Å². The number of methoxy groups -OCH3 is 1. The number of carbonyl (C=O) groups excluding carboxylic acids is 1. The van der Waals surface area contributed by atoms with Gasteiger partial charge in [0.2, 0.25) is 16.0 Å². The van der Waals surface area contributed by atoms with Crippen LogP contribution >= 0.6 is 0 Å². The third kappa shape index (κ3) is 2.95. The van der Waals surface area contributed by atoms with Crippen LogP contribution in [0.5, 0.6) is 0 Å². The second kappa shape index (κ2) is 6.17. The van der Waals surface area contributed by atoms with Crippen molar-refractivity contribution in [3.8, 4) is 0 Å². The number of anilines is 1. The molecule has 0 fully saturated rings. The number of carbonyl (C=O) groups is 1. The highest BCUT2D eigenvalue weighted by Crippen LogP contribution is 2.24. The summed E-state index contributed by atoms with van der Waals surface area (Å²) in [5, 5.41) is 0. The Labute approximate surface area is 139 Å². The molecule has 0 atom stereocenters. The number of sulfonamides is 1. The predicted octanol–water partition coefficient (Wildman–Crippen LogP) is 0.592. The van der Waals surface area contributed by atoms with E-state index in [2.05, 4.69) is 14.7 Å². The van der Waals surface area contributed by atoms with Crippen LogP contribution in [0, 0.1) is 0 Å². The molecular weight excluding hydrogens is 332 g/mol. The average molecular weight is 348 g/mol. The van der Waals surface area contributed by atoms with Crippen molar-refractivity contribution in [2.45, 2.75) is 17.9 Å². The van der Waals surface area contributed by atoms with E-state index in [4.69, 9.17) is 5.73 Å². The Bertz CT molecular complexity index is 881. The quantitative estimate of drug-likeness (QED) is 0.807. The number of benzene rings is 1. The third-order valence-electron chi connectivity index (χ3n) is 3.84. The van der Waals surface area contributed by atoms with Gasteiger partial charge in [0.25, 0.3) is 0 Å². The largest absolute Gasteiger partial charge is 0.465 e. The molecule has 0 unspecified atom stereocenters. The number of ether oxygens (including phenoxy) is 1. The first-order valence-corrected chi connectivity index (χ1v) is 8.64. The third-order valence-corrected chi connectivity index (χ3v) is 5.70. The first kappa shape index (κ1) is 16.3. The summed E-state index contributed by atoms with van der Waals surface area (Å²) in [5.41, 5.74) is 7.38. The van der Waals surface area contributed by atoms with Gasteiger partial charge in [-0.05, 0) is 36.2 Å². The van der Waals surface area contributed by atoms with E-state index >= 15 is 0 Å². The first-order chi connectivity index (χ1) is 11.4. The van der Waals surface area contributed by atoms with Crippen molar-refractivity contribution in [2.75, 3.05) is 19.4 Å². The lowest BCUT2D eigenvalue weighted by molar-refractivity contribution is 0.0600. The number of esters is 1. The fraction of sp³-hybridized carbons (Fsp3) is 0.267. The normalized spacial score (nSPS) is 14.9. The highest BCUT2D eigenvalue weighted by Gasteiger charge is 2.29. The summed E-state index contributed by atoms with van der Waals surface area (Å²) < 4.78 is 31.5. The number of nitrogen functional groups attached to an aromatic ring is 1. The van der Waals surface area contributed by atoms with E-state index in [1.807, 2.05) is 0 Å². The molecule has 2 heterocycles. The van der Waals surface area contributed by atoms with Gasteiger partial charge >= 0.3 is 5.97 Å². The molecule has 0 saturated heterocycles. The molecule has 0 spiro atoms. The molecule has 1 aromatic heterocycles. The van der Waals surface area contributed by atoms with Gasteiger partial charge in [-0.2, -0.15) is 4.31 Å². The molecule has 0 saturated carbocycles. The molecular formula is C15H16N4O4S. The maximum Gasteiger partial charge on any atom is 0.337 e. The van der Waals surface area contributed by atoms with Crippen LogP contribution in [0.4, 0.5) is 5.95 Å². The number of aromatic nitrogens is 2.